The van der Waals surface area contributed by atoms with Crippen LogP contribution >= 0.6 is 0 Å². The van der Waals surface area contributed by atoms with Gasteiger partial charge in [-0.05, 0) is 7.05 Å². The van der Waals surface area contributed by atoms with Crippen LogP contribution in [0.5, 0.6) is 0 Å². The largest absolute Gasteiger partial charge is 0.383 e. The van der Waals surface area contributed by atoms with E-state index in [-0.39, 0.29) is 0 Å². The SMILES string of the molecule is COCCN(C)CCN1CCNCC1. The van der Waals surface area contributed by atoms with Gasteiger partial charge in [0.1, 0.15) is 0 Å². The minimum atomic E-state index is 0.831. The second kappa shape index (κ2) is 7.17. The van der Waals surface area contributed by atoms with Crippen molar-refractivity contribution in [3.8, 4) is 0 Å². The zero-order chi connectivity index (χ0) is 10.2. The molecule has 84 valence electrons. The fourth-order valence-electron chi connectivity index (χ4n) is 1.61. The topological polar surface area (TPSA) is 27.7 Å². The molecule has 1 aliphatic heterocycles. The third kappa shape index (κ3) is 4.91. The second-order valence-electron chi connectivity index (χ2n) is 3.89. The van der Waals surface area contributed by atoms with Crippen LogP contribution < -0.4 is 5.32 Å². The number of ether oxygens (including phenoxy) is 1. The van der Waals surface area contributed by atoms with Crippen molar-refractivity contribution in [1.82, 2.24) is 15.1 Å². The summed E-state index contributed by atoms with van der Waals surface area (Å²) in [7, 11) is 3.91. The number of nitrogens with one attached hydrogen (secondary N) is 1. The third-order valence-corrected chi connectivity index (χ3v) is 2.68. The van der Waals surface area contributed by atoms with Gasteiger partial charge in [0.05, 0.1) is 6.61 Å². The van der Waals surface area contributed by atoms with Crippen LogP contribution in [-0.2, 0) is 4.74 Å². The highest BCUT2D eigenvalue weighted by Crippen LogP contribution is 1.92. The number of hydrogen-bond acceptors (Lipinski definition) is 4. The molecule has 0 amide bonds. The molecule has 0 unspecified atom stereocenters. The van der Waals surface area contributed by atoms with Crippen molar-refractivity contribution in [3.63, 3.8) is 0 Å². The molecule has 0 aliphatic carbocycles. The van der Waals surface area contributed by atoms with Crippen LogP contribution in [0.15, 0.2) is 0 Å². The maximum atomic E-state index is 5.04. The zero-order valence-electron chi connectivity index (χ0n) is 9.46. The van der Waals surface area contributed by atoms with Gasteiger partial charge in [-0.15, -0.1) is 0 Å². The van der Waals surface area contributed by atoms with E-state index in [0.717, 1.165) is 32.8 Å². The molecule has 1 aliphatic rings. The van der Waals surface area contributed by atoms with E-state index in [1.807, 2.05) is 0 Å². The summed E-state index contributed by atoms with van der Waals surface area (Å²) in [6, 6.07) is 0. The average molecular weight is 201 g/mol. The fraction of sp³-hybridized carbons (Fsp3) is 1.00. The molecule has 0 atom stereocenters. The first-order valence-electron chi connectivity index (χ1n) is 5.43. The van der Waals surface area contributed by atoms with E-state index in [0.29, 0.717) is 0 Å². The molecule has 0 saturated carbocycles. The highest BCUT2D eigenvalue weighted by molar-refractivity contribution is 4.68. The lowest BCUT2D eigenvalue weighted by atomic mass is 10.3. The zero-order valence-corrected chi connectivity index (χ0v) is 9.46. The molecule has 4 nitrogen and oxygen atoms in total. The van der Waals surface area contributed by atoms with E-state index in [1.54, 1.807) is 7.11 Å². The van der Waals surface area contributed by atoms with Gasteiger partial charge in [0.25, 0.3) is 0 Å². The summed E-state index contributed by atoms with van der Waals surface area (Å²) in [4.78, 5) is 4.84. The second-order valence-corrected chi connectivity index (χ2v) is 3.89. The van der Waals surface area contributed by atoms with Crippen LogP contribution in [-0.4, -0.2) is 76.4 Å². The molecule has 1 N–H and O–H groups in total. The highest BCUT2D eigenvalue weighted by Gasteiger charge is 2.09. The van der Waals surface area contributed by atoms with Gasteiger partial charge in [-0.3, -0.25) is 4.90 Å². The summed E-state index contributed by atoms with van der Waals surface area (Å²) < 4.78 is 5.04. The molecular formula is C10H23N3O. The Morgan fingerprint density at radius 1 is 1.29 bits per heavy atom. The van der Waals surface area contributed by atoms with Gasteiger partial charge in [0.2, 0.25) is 0 Å². The summed E-state index contributed by atoms with van der Waals surface area (Å²) in [6.07, 6.45) is 0. The first kappa shape index (κ1) is 11.9. The van der Waals surface area contributed by atoms with Gasteiger partial charge in [-0.25, -0.2) is 0 Å². The summed E-state index contributed by atoms with van der Waals surface area (Å²) in [6.45, 7) is 8.85. The van der Waals surface area contributed by atoms with E-state index in [4.69, 9.17) is 4.74 Å². The van der Waals surface area contributed by atoms with E-state index < -0.39 is 0 Å². The van der Waals surface area contributed by atoms with Gasteiger partial charge in [0, 0.05) is 52.9 Å². The highest BCUT2D eigenvalue weighted by atomic mass is 16.5. The number of piperazine rings is 1. The van der Waals surface area contributed by atoms with E-state index in [1.165, 1.54) is 19.6 Å². The molecule has 0 aromatic carbocycles. The molecule has 0 bridgehead atoms. The molecule has 14 heavy (non-hydrogen) atoms. The fourth-order valence-corrected chi connectivity index (χ4v) is 1.61. The molecule has 1 fully saturated rings. The normalized spacial score (nSPS) is 19.1. The van der Waals surface area contributed by atoms with Gasteiger partial charge < -0.3 is 15.0 Å². The molecule has 1 saturated heterocycles. The molecule has 0 radical (unpaired) electrons. The molecule has 0 aromatic heterocycles. The number of methoxy groups -OCH3 is 1. The Morgan fingerprint density at radius 2 is 2.00 bits per heavy atom. The lowest BCUT2D eigenvalue weighted by molar-refractivity contribution is 0.147. The van der Waals surface area contributed by atoms with Crippen molar-refractivity contribution >= 4 is 0 Å². The lowest BCUT2D eigenvalue weighted by Crippen LogP contribution is -2.46. The first-order chi connectivity index (χ1) is 6.83. The first-order valence-corrected chi connectivity index (χ1v) is 5.43. The van der Waals surface area contributed by atoms with Crippen LogP contribution in [0.3, 0.4) is 0 Å². The minimum absolute atomic E-state index is 0.831. The lowest BCUT2D eigenvalue weighted by Gasteiger charge is -2.29. The van der Waals surface area contributed by atoms with Gasteiger partial charge in [0.15, 0.2) is 0 Å². The summed E-state index contributed by atoms with van der Waals surface area (Å²) in [5.74, 6) is 0. The van der Waals surface area contributed by atoms with E-state index in [2.05, 4.69) is 22.2 Å². The number of likely N-dealkylation sites (N-methyl/N-ethyl adjacent to an activating group) is 1. The Morgan fingerprint density at radius 3 is 2.64 bits per heavy atom. The van der Waals surface area contributed by atoms with Crippen molar-refractivity contribution in [3.05, 3.63) is 0 Å². The maximum Gasteiger partial charge on any atom is 0.0589 e. The van der Waals surface area contributed by atoms with Gasteiger partial charge >= 0.3 is 0 Å². The minimum Gasteiger partial charge on any atom is -0.383 e. The summed E-state index contributed by atoms with van der Waals surface area (Å²) in [5.41, 5.74) is 0. The van der Waals surface area contributed by atoms with E-state index >= 15 is 0 Å². The molecule has 0 spiro atoms. The molecular weight excluding hydrogens is 178 g/mol. The average Bonchev–Trinajstić information content (AvgIpc) is 2.25. The third-order valence-electron chi connectivity index (χ3n) is 2.68. The van der Waals surface area contributed by atoms with Crippen LogP contribution in [0.4, 0.5) is 0 Å². The van der Waals surface area contributed by atoms with Crippen LogP contribution in [0.1, 0.15) is 0 Å². The van der Waals surface area contributed by atoms with Gasteiger partial charge in [-0.2, -0.15) is 0 Å². The standard InChI is InChI=1S/C10H23N3O/c1-12(9-10-14-2)7-8-13-5-3-11-4-6-13/h11H,3-10H2,1-2H3. The number of rotatable bonds is 6. The quantitative estimate of drug-likeness (QED) is 0.625. The summed E-state index contributed by atoms with van der Waals surface area (Å²) in [5, 5.41) is 3.36. The number of nitrogens with zero attached hydrogens (tertiary/aromatic N) is 2. The monoisotopic (exact) mass is 201 g/mol. The number of hydrogen-bond donors (Lipinski definition) is 1. The smallest absolute Gasteiger partial charge is 0.0589 e. The maximum absolute atomic E-state index is 5.04. The Bertz CT molecular complexity index is 137. The summed E-state index contributed by atoms with van der Waals surface area (Å²) >= 11 is 0. The van der Waals surface area contributed by atoms with Crippen LogP contribution in [0, 0.1) is 0 Å². The van der Waals surface area contributed by atoms with Gasteiger partial charge in [-0.1, -0.05) is 0 Å². The predicted octanol–water partition coefficient (Wildman–Crippen LogP) is -0.530. The van der Waals surface area contributed by atoms with Crippen LogP contribution in [0.25, 0.3) is 0 Å². The van der Waals surface area contributed by atoms with Crippen molar-refractivity contribution in [2.24, 2.45) is 0 Å². The molecule has 1 rings (SSSR count). The Hall–Kier alpha value is -0.160. The Kier molecular flexibility index (Phi) is 6.10. The molecule has 4 heteroatoms. The van der Waals surface area contributed by atoms with E-state index in [9.17, 15) is 0 Å². The van der Waals surface area contributed by atoms with Crippen molar-refractivity contribution in [1.29, 1.82) is 0 Å². The molecule has 0 aromatic rings. The Balaban J connectivity index is 2.00. The molecule has 1 heterocycles. The van der Waals surface area contributed by atoms with Crippen molar-refractivity contribution in [2.75, 3.05) is 66.6 Å². The van der Waals surface area contributed by atoms with Crippen molar-refractivity contribution < 1.29 is 4.74 Å². The van der Waals surface area contributed by atoms with Crippen LogP contribution in [0.2, 0.25) is 0 Å². The predicted molar refractivity (Wildman–Crippen MR) is 58.7 cm³/mol. The van der Waals surface area contributed by atoms with Crippen molar-refractivity contribution in [2.45, 2.75) is 0 Å². The Labute approximate surface area is 87.2 Å².